The summed E-state index contributed by atoms with van der Waals surface area (Å²) in [6.07, 6.45) is 1.57. The van der Waals surface area contributed by atoms with Crippen molar-refractivity contribution in [2.75, 3.05) is 5.73 Å². The molecule has 0 aromatic heterocycles. The highest BCUT2D eigenvalue weighted by Crippen LogP contribution is 2.02. The second-order valence-electron chi connectivity index (χ2n) is 1.94. The minimum Gasteiger partial charge on any atom is -0.399 e. The summed E-state index contributed by atoms with van der Waals surface area (Å²) < 4.78 is 0. The van der Waals surface area contributed by atoms with Gasteiger partial charge < -0.3 is 11.6 Å². The second kappa shape index (κ2) is 2.87. The minimum absolute atomic E-state index is 0.745. The van der Waals surface area contributed by atoms with Gasteiger partial charge in [-0.3, -0.25) is 0 Å². The summed E-state index contributed by atoms with van der Waals surface area (Å²) in [5.41, 5.74) is 7.15. The SMILES string of the molecule is N/N=C\c1ccc(N)cc1. The van der Waals surface area contributed by atoms with Gasteiger partial charge in [0.15, 0.2) is 0 Å². The zero-order valence-electron chi connectivity index (χ0n) is 5.49. The van der Waals surface area contributed by atoms with Crippen LogP contribution < -0.4 is 11.6 Å². The van der Waals surface area contributed by atoms with E-state index in [-0.39, 0.29) is 0 Å². The van der Waals surface area contributed by atoms with E-state index in [4.69, 9.17) is 11.6 Å². The van der Waals surface area contributed by atoms with Gasteiger partial charge in [0.2, 0.25) is 0 Å². The molecule has 0 fully saturated rings. The van der Waals surface area contributed by atoms with Gasteiger partial charge in [-0.1, -0.05) is 12.1 Å². The molecule has 1 aromatic rings. The van der Waals surface area contributed by atoms with E-state index >= 15 is 0 Å². The first kappa shape index (κ1) is 6.61. The zero-order valence-corrected chi connectivity index (χ0v) is 5.49. The monoisotopic (exact) mass is 135 g/mol. The van der Waals surface area contributed by atoms with Gasteiger partial charge in [-0.15, -0.1) is 0 Å². The van der Waals surface area contributed by atoms with Crippen LogP contribution in [0.25, 0.3) is 0 Å². The Morgan fingerprint density at radius 3 is 2.30 bits per heavy atom. The third-order valence-corrected chi connectivity index (χ3v) is 1.16. The molecule has 0 bridgehead atoms. The maximum atomic E-state index is 5.45. The van der Waals surface area contributed by atoms with Crippen LogP contribution in [0.4, 0.5) is 5.69 Å². The normalized spacial score (nSPS) is 10.4. The zero-order chi connectivity index (χ0) is 7.40. The number of anilines is 1. The summed E-state index contributed by atoms with van der Waals surface area (Å²) in [5.74, 6) is 4.94. The Hall–Kier alpha value is -1.51. The average Bonchev–Trinajstić information content (AvgIpc) is 1.95. The smallest absolute Gasteiger partial charge is 0.0538 e. The predicted molar refractivity (Wildman–Crippen MR) is 42.6 cm³/mol. The van der Waals surface area contributed by atoms with Gasteiger partial charge in [-0.05, 0) is 17.7 Å². The fourth-order valence-corrected chi connectivity index (χ4v) is 0.668. The Kier molecular flexibility index (Phi) is 1.89. The molecule has 3 nitrogen and oxygen atoms in total. The van der Waals surface area contributed by atoms with E-state index in [1.54, 1.807) is 18.3 Å². The number of benzene rings is 1. The highest BCUT2D eigenvalue weighted by Gasteiger charge is 1.84. The Balaban J connectivity index is 2.89. The third-order valence-electron chi connectivity index (χ3n) is 1.16. The number of nitrogens with zero attached hydrogens (tertiary/aromatic N) is 1. The van der Waals surface area contributed by atoms with Crippen molar-refractivity contribution in [3.05, 3.63) is 29.8 Å². The lowest BCUT2D eigenvalue weighted by Crippen LogP contribution is -1.87. The first-order valence-corrected chi connectivity index (χ1v) is 2.92. The predicted octanol–water partition coefficient (Wildman–Crippen LogP) is 0.561. The number of nitrogens with two attached hydrogens (primary N) is 2. The highest BCUT2D eigenvalue weighted by molar-refractivity contribution is 5.79. The molecule has 3 heteroatoms. The Morgan fingerprint density at radius 2 is 1.80 bits per heavy atom. The lowest BCUT2D eigenvalue weighted by atomic mass is 10.2. The van der Waals surface area contributed by atoms with E-state index in [1.165, 1.54) is 0 Å². The fraction of sp³-hybridized carbons (Fsp3) is 0. The number of nitrogen functional groups attached to an aromatic ring is 1. The van der Waals surface area contributed by atoms with Gasteiger partial charge in [0.05, 0.1) is 6.21 Å². The van der Waals surface area contributed by atoms with E-state index in [2.05, 4.69) is 5.10 Å². The molecule has 52 valence electrons. The van der Waals surface area contributed by atoms with Crippen LogP contribution >= 0.6 is 0 Å². The molecule has 10 heavy (non-hydrogen) atoms. The van der Waals surface area contributed by atoms with Crippen LogP contribution in [0.3, 0.4) is 0 Å². The van der Waals surface area contributed by atoms with Crippen LogP contribution in [0.15, 0.2) is 29.4 Å². The standard InChI is InChI=1S/C7H9N3/c8-7-3-1-6(2-4-7)5-10-9/h1-5H,8-9H2/b10-5-. The molecule has 0 aliphatic carbocycles. The number of hydrazone groups is 1. The molecule has 0 aliphatic rings. The van der Waals surface area contributed by atoms with Gasteiger partial charge in [0.1, 0.15) is 0 Å². The molecule has 0 spiro atoms. The molecule has 1 rings (SSSR count). The largest absolute Gasteiger partial charge is 0.399 e. The highest BCUT2D eigenvalue weighted by atomic mass is 15.1. The number of rotatable bonds is 1. The first-order chi connectivity index (χ1) is 4.83. The van der Waals surface area contributed by atoms with Gasteiger partial charge >= 0.3 is 0 Å². The Labute approximate surface area is 59.3 Å². The van der Waals surface area contributed by atoms with Crippen LogP contribution in [0.2, 0.25) is 0 Å². The molecular formula is C7H9N3. The van der Waals surface area contributed by atoms with Gasteiger partial charge in [0, 0.05) is 5.69 Å². The quantitative estimate of drug-likeness (QED) is 0.256. The lowest BCUT2D eigenvalue weighted by Gasteiger charge is -1.91. The molecule has 0 heterocycles. The van der Waals surface area contributed by atoms with Crippen molar-refractivity contribution in [2.24, 2.45) is 10.9 Å². The van der Waals surface area contributed by atoms with Gasteiger partial charge in [0.25, 0.3) is 0 Å². The molecule has 4 N–H and O–H groups in total. The molecule has 0 saturated carbocycles. The first-order valence-electron chi connectivity index (χ1n) is 2.92. The number of hydrogen-bond donors (Lipinski definition) is 2. The van der Waals surface area contributed by atoms with Crippen molar-refractivity contribution in [1.82, 2.24) is 0 Å². The molecule has 0 unspecified atom stereocenters. The summed E-state index contributed by atoms with van der Waals surface area (Å²) in [7, 11) is 0. The van der Waals surface area contributed by atoms with E-state index in [0.29, 0.717) is 0 Å². The van der Waals surface area contributed by atoms with Crippen molar-refractivity contribution in [3.63, 3.8) is 0 Å². The van der Waals surface area contributed by atoms with E-state index in [9.17, 15) is 0 Å². The molecule has 0 saturated heterocycles. The van der Waals surface area contributed by atoms with Crippen molar-refractivity contribution >= 4 is 11.9 Å². The molecule has 0 atom stereocenters. The summed E-state index contributed by atoms with van der Waals surface area (Å²) in [5, 5.41) is 3.37. The fourth-order valence-electron chi connectivity index (χ4n) is 0.668. The topological polar surface area (TPSA) is 64.4 Å². The van der Waals surface area contributed by atoms with Crippen molar-refractivity contribution in [2.45, 2.75) is 0 Å². The van der Waals surface area contributed by atoms with Crippen molar-refractivity contribution in [3.8, 4) is 0 Å². The summed E-state index contributed by atoms with van der Waals surface area (Å²) >= 11 is 0. The maximum Gasteiger partial charge on any atom is 0.0538 e. The summed E-state index contributed by atoms with van der Waals surface area (Å²) in [6.45, 7) is 0. The minimum atomic E-state index is 0.745. The molecular weight excluding hydrogens is 126 g/mol. The van der Waals surface area contributed by atoms with E-state index < -0.39 is 0 Å². The van der Waals surface area contributed by atoms with Crippen molar-refractivity contribution in [1.29, 1.82) is 0 Å². The van der Waals surface area contributed by atoms with Crippen LogP contribution in [0.1, 0.15) is 5.56 Å². The molecule has 0 aliphatic heterocycles. The molecule has 0 radical (unpaired) electrons. The van der Waals surface area contributed by atoms with Crippen LogP contribution in [-0.4, -0.2) is 6.21 Å². The third kappa shape index (κ3) is 1.48. The van der Waals surface area contributed by atoms with Gasteiger partial charge in [-0.25, -0.2) is 0 Å². The van der Waals surface area contributed by atoms with Crippen molar-refractivity contribution < 1.29 is 0 Å². The second-order valence-corrected chi connectivity index (χ2v) is 1.94. The van der Waals surface area contributed by atoms with E-state index in [0.717, 1.165) is 11.3 Å². The van der Waals surface area contributed by atoms with Crippen LogP contribution in [0, 0.1) is 0 Å². The van der Waals surface area contributed by atoms with Gasteiger partial charge in [-0.2, -0.15) is 5.10 Å². The summed E-state index contributed by atoms with van der Waals surface area (Å²) in [4.78, 5) is 0. The Morgan fingerprint density at radius 1 is 1.20 bits per heavy atom. The van der Waals surface area contributed by atoms with Crippen LogP contribution in [-0.2, 0) is 0 Å². The lowest BCUT2D eigenvalue weighted by molar-refractivity contribution is 1.26. The average molecular weight is 135 g/mol. The van der Waals surface area contributed by atoms with Crippen LogP contribution in [0.5, 0.6) is 0 Å². The summed E-state index contributed by atoms with van der Waals surface area (Å²) in [6, 6.07) is 7.31. The number of hydrogen-bond acceptors (Lipinski definition) is 3. The molecule has 1 aromatic carbocycles. The van der Waals surface area contributed by atoms with E-state index in [1.807, 2.05) is 12.1 Å². The maximum absolute atomic E-state index is 5.45. The molecule has 0 amide bonds. The Bertz CT molecular complexity index is 225.